The molecule has 1 aromatic heterocycles. The maximum absolute atomic E-state index is 13.0. The molecule has 0 amide bonds. The van der Waals surface area contributed by atoms with Gasteiger partial charge in [0.05, 0.1) is 19.1 Å². The van der Waals surface area contributed by atoms with Crippen LogP contribution < -0.4 is 31.0 Å². The Morgan fingerprint density at radius 1 is 0.970 bits per heavy atom. The molecule has 0 bridgehead atoms. The Balaban J connectivity index is 0.00000306. The van der Waals surface area contributed by atoms with Gasteiger partial charge in [-0.1, -0.05) is 30.3 Å². The van der Waals surface area contributed by atoms with Crippen LogP contribution in [0, 0.1) is 10.1 Å². The van der Waals surface area contributed by atoms with E-state index in [1.807, 2.05) is 51.9 Å². The first-order valence-corrected chi connectivity index (χ1v) is 9.96. The van der Waals surface area contributed by atoms with Gasteiger partial charge in [0, 0.05) is 17.7 Å². The minimum Gasteiger partial charge on any atom is -1.00 e. The minimum absolute atomic E-state index is 0. The number of methoxy groups -OCH3 is 2. The van der Waals surface area contributed by atoms with Gasteiger partial charge in [-0.25, -0.2) is 9.13 Å². The smallest absolute Gasteiger partial charge is 0.269 e. The van der Waals surface area contributed by atoms with E-state index in [2.05, 4.69) is 0 Å². The molecular formula is C24H22BrN3O5. The molecule has 1 heterocycles. The molecule has 0 fully saturated rings. The molecule has 3 aromatic carbocycles. The Kier molecular flexibility index (Phi) is 7.44. The van der Waals surface area contributed by atoms with Crippen molar-refractivity contribution in [1.29, 1.82) is 0 Å². The van der Waals surface area contributed by atoms with E-state index in [9.17, 15) is 14.9 Å². The van der Waals surface area contributed by atoms with E-state index in [1.165, 1.54) is 24.3 Å². The van der Waals surface area contributed by atoms with Crippen molar-refractivity contribution in [2.45, 2.75) is 13.1 Å². The summed E-state index contributed by atoms with van der Waals surface area (Å²) >= 11 is 0. The van der Waals surface area contributed by atoms with Crippen molar-refractivity contribution in [2.24, 2.45) is 0 Å². The van der Waals surface area contributed by atoms with Crippen LogP contribution in [-0.4, -0.2) is 29.5 Å². The zero-order chi connectivity index (χ0) is 22.7. The molecule has 0 aliphatic carbocycles. The number of rotatable bonds is 8. The van der Waals surface area contributed by atoms with Gasteiger partial charge in [-0.05, 0) is 29.8 Å². The molecule has 33 heavy (non-hydrogen) atoms. The molecule has 0 radical (unpaired) electrons. The minimum atomic E-state index is -0.489. The second-order valence-corrected chi connectivity index (χ2v) is 7.25. The van der Waals surface area contributed by atoms with Crippen molar-refractivity contribution in [1.82, 2.24) is 4.57 Å². The highest BCUT2D eigenvalue weighted by Gasteiger charge is 2.26. The van der Waals surface area contributed by atoms with Crippen LogP contribution in [-0.2, 0) is 13.1 Å². The van der Waals surface area contributed by atoms with Crippen molar-refractivity contribution >= 4 is 22.5 Å². The van der Waals surface area contributed by atoms with Gasteiger partial charge >= 0.3 is 0 Å². The molecule has 4 rings (SSSR count). The largest absolute Gasteiger partial charge is 1.00 e. The fraction of sp³-hybridized carbons (Fsp3) is 0.167. The van der Waals surface area contributed by atoms with Crippen LogP contribution in [0.2, 0.25) is 0 Å². The highest BCUT2D eigenvalue weighted by molar-refractivity contribution is 5.97. The molecule has 0 saturated carbocycles. The van der Waals surface area contributed by atoms with Gasteiger partial charge in [0.15, 0.2) is 18.0 Å². The van der Waals surface area contributed by atoms with Crippen LogP contribution in [0.15, 0.2) is 73.1 Å². The number of ether oxygens (including phenoxy) is 2. The lowest BCUT2D eigenvalue weighted by molar-refractivity contribution is -0.663. The van der Waals surface area contributed by atoms with Gasteiger partial charge in [0.1, 0.15) is 6.54 Å². The molecule has 0 N–H and O–H groups in total. The van der Waals surface area contributed by atoms with Crippen molar-refractivity contribution in [3.8, 4) is 11.5 Å². The number of carbonyl (C=O) groups is 1. The summed E-state index contributed by atoms with van der Waals surface area (Å²) in [6.45, 7) is 0.624. The number of ketones is 1. The fourth-order valence-corrected chi connectivity index (χ4v) is 3.75. The third-order valence-corrected chi connectivity index (χ3v) is 5.28. The lowest BCUT2D eigenvalue weighted by Gasteiger charge is -2.06. The molecule has 0 saturated heterocycles. The average molecular weight is 512 g/mol. The Morgan fingerprint density at radius 3 is 2.21 bits per heavy atom. The summed E-state index contributed by atoms with van der Waals surface area (Å²) in [4.78, 5) is 23.4. The second-order valence-electron chi connectivity index (χ2n) is 7.25. The summed E-state index contributed by atoms with van der Waals surface area (Å²) in [5.74, 6) is 1.11. The number of non-ortho nitro benzene ring substituents is 1. The number of Topliss-reactive ketones (excluding diaryl/α,β-unsaturated/α-hetero) is 1. The van der Waals surface area contributed by atoms with E-state index < -0.39 is 4.92 Å². The number of hydrogen-bond donors (Lipinski definition) is 0. The number of halogens is 1. The molecule has 9 heteroatoms. The average Bonchev–Trinajstić information content (AvgIpc) is 3.17. The maximum atomic E-state index is 13.0. The third kappa shape index (κ3) is 4.88. The predicted molar refractivity (Wildman–Crippen MR) is 118 cm³/mol. The van der Waals surface area contributed by atoms with E-state index in [0.29, 0.717) is 23.6 Å². The number of carbonyl (C=O) groups excluding carboxylic acids is 1. The molecule has 0 aliphatic heterocycles. The predicted octanol–water partition coefficient (Wildman–Crippen LogP) is 0.789. The van der Waals surface area contributed by atoms with Crippen LogP contribution in [0.1, 0.15) is 15.9 Å². The van der Waals surface area contributed by atoms with Crippen molar-refractivity contribution in [3.05, 3.63) is 94.3 Å². The van der Waals surface area contributed by atoms with Gasteiger partial charge in [-0.2, -0.15) is 0 Å². The van der Waals surface area contributed by atoms with Crippen LogP contribution in [0.5, 0.6) is 11.5 Å². The molecule has 8 nitrogen and oxygen atoms in total. The zero-order valence-corrected chi connectivity index (χ0v) is 19.7. The topological polar surface area (TPSA) is 87.5 Å². The van der Waals surface area contributed by atoms with Crippen molar-refractivity contribution < 1.29 is 40.7 Å². The van der Waals surface area contributed by atoms with Gasteiger partial charge in [-0.3, -0.25) is 14.9 Å². The van der Waals surface area contributed by atoms with E-state index >= 15 is 0 Å². The summed E-state index contributed by atoms with van der Waals surface area (Å²) in [7, 11) is 3.19. The number of hydrogen-bond acceptors (Lipinski definition) is 5. The Morgan fingerprint density at radius 2 is 1.61 bits per heavy atom. The van der Waals surface area contributed by atoms with Crippen LogP contribution in [0.3, 0.4) is 0 Å². The highest BCUT2D eigenvalue weighted by atomic mass is 79.9. The van der Waals surface area contributed by atoms with Crippen molar-refractivity contribution in [3.63, 3.8) is 0 Å². The first-order valence-electron chi connectivity index (χ1n) is 9.96. The lowest BCUT2D eigenvalue weighted by Crippen LogP contribution is -3.00. The van der Waals surface area contributed by atoms with E-state index in [4.69, 9.17) is 9.47 Å². The summed E-state index contributed by atoms with van der Waals surface area (Å²) in [5, 5.41) is 10.9. The third-order valence-electron chi connectivity index (χ3n) is 5.28. The molecule has 0 atom stereocenters. The molecule has 170 valence electrons. The van der Waals surface area contributed by atoms with Gasteiger partial charge < -0.3 is 26.5 Å². The monoisotopic (exact) mass is 511 g/mol. The quantitative estimate of drug-likeness (QED) is 0.151. The van der Waals surface area contributed by atoms with Crippen LogP contribution in [0.25, 0.3) is 11.0 Å². The SMILES string of the molecule is COc1ccc(OC)c2c1n(CC(=O)c1ccc([N+](=O)[O-])cc1)c[n+]2Cc1ccccc1.[Br-]. The van der Waals surface area contributed by atoms with E-state index in [1.54, 1.807) is 20.3 Å². The number of aromatic nitrogens is 2. The number of fused-ring (bicyclic) bond motifs is 1. The first-order chi connectivity index (χ1) is 15.5. The summed E-state index contributed by atoms with van der Waals surface area (Å²) in [5.41, 5.74) is 2.99. The molecule has 0 unspecified atom stereocenters. The van der Waals surface area contributed by atoms with Gasteiger partial charge in [0.2, 0.25) is 23.1 Å². The summed E-state index contributed by atoms with van der Waals surface area (Å²) in [6, 6.07) is 19.2. The summed E-state index contributed by atoms with van der Waals surface area (Å²) in [6.07, 6.45) is 1.87. The first kappa shape index (κ1) is 23.9. The Bertz CT molecular complexity index is 1290. The summed E-state index contributed by atoms with van der Waals surface area (Å²) < 4.78 is 15.0. The zero-order valence-electron chi connectivity index (χ0n) is 18.1. The molecule has 0 aliphatic rings. The maximum Gasteiger partial charge on any atom is 0.269 e. The van der Waals surface area contributed by atoms with Crippen molar-refractivity contribution in [2.75, 3.05) is 14.2 Å². The molecule has 0 spiro atoms. The normalized spacial score (nSPS) is 10.5. The van der Waals surface area contributed by atoms with E-state index in [0.717, 1.165) is 16.6 Å². The number of imidazole rings is 1. The number of nitrogens with zero attached hydrogens (tertiary/aromatic N) is 3. The molecule has 4 aromatic rings. The number of benzene rings is 3. The van der Waals surface area contributed by atoms with Crippen LogP contribution >= 0.6 is 0 Å². The second kappa shape index (κ2) is 10.3. The fourth-order valence-electron chi connectivity index (χ4n) is 3.75. The molecular weight excluding hydrogens is 490 g/mol. The Labute approximate surface area is 200 Å². The van der Waals surface area contributed by atoms with Crippen LogP contribution in [0.4, 0.5) is 5.69 Å². The number of nitro groups is 1. The van der Waals surface area contributed by atoms with Gasteiger partial charge in [-0.15, -0.1) is 0 Å². The highest BCUT2D eigenvalue weighted by Crippen LogP contribution is 2.31. The Hall–Kier alpha value is -3.72. The van der Waals surface area contributed by atoms with E-state index in [-0.39, 0.29) is 35.0 Å². The lowest BCUT2D eigenvalue weighted by atomic mass is 10.1. The standard InChI is InChI=1S/C24H22N3O5.BrH/c1-31-21-12-13-22(32-2)24-23(21)25(14-17-6-4-3-5-7-17)16-26(24)15-20(28)18-8-10-19(11-9-18)27(29)30;/h3-13,16H,14-15H2,1-2H3;1H/q+1;/p-1. The van der Waals surface area contributed by atoms with Gasteiger partial charge in [0.25, 0.3) is 5.69 Å². The number of nitro benzene ring substituents is 1.